The van der Waals surface area contributed by atoms with Crippen molar-refractivity contribution in [3.8, 4) is 0 Å². The second-order valence-corrected chi connectivity index (χ2v) is 11.8. The first-order valence-electron chi connectivity index (χ1n) is 9.44. The lowest BCUT2D eigenvalue weighted by Gasteiger charge is -2.12. The van der Waals surface area contributed by atoms with Crippen LogP contribution in [0.2, 0.25) is 0 Å². The summed E-state index contributed by atoms with van der Waals surface area (Å²) >= 11 is 0. The molecule has 0 saturated heterocycles. The number of sulfone groups is 1. The minimum Gasteiger partial charge on any atom is -0.464 e. The van der Waals surface area contributed by atoms with Crippen LogP contribution >= 0.6 is 0 Å². The SMILES string of the molecule is CN=NS(=O)(=O)[N+](=[N-])S(=O)(=O)N=NC(C(=O)c1ccccc1)S(=O)(=O)c1ccc2ccccc2c1. The highest BCUT2D eigenvalue weighted by Crippen LogP contribution is 2.25. The van der Waals surface area contributed by atoms with Crippen molar-refractivity contribution in [2.45, 2.75) is 10.3 Å². The minimum absolute atomic E-state index is 0.133. The summed E-state index contributed by atoms with van der Waals surface area (Å²) in [5, 5.41) is 4.80. The van der Waals surface area contributed by atoms with E-state index in [0.717, 1.165) is 7.05 Å². The molecule has 0 radical (unpaired) electrons. The van der Waals surface area contributed by atoms with Gasteiger partial charge in [0, 0.05) is 5.56 Å². The molecular weight excluding hydrogens is 520 g/mol. The molecule has 0 aliphatic rings. The summed E-state index contributed by atoms with van der Waals surface area (Å²) in [4.78, 5) is 12.7. The van der Waals surface area contributed by atoms with Crippen LogP contribution in [0, 0.1) is 0 Å². The lowest BCUT2D eigenvalue weighted by atomic mass is 10.1. The molecular formula is C19H16N6O7S3. The Morgan fingerprint density at radius 3 is 2.00 bits per heavy atom. The lowest BCUT2D eigenvalue weighted by molar-refractivity contribution is -0.205. The lowest BCUT2D eigenvalue weighted by Crippen LogP contribution is -2.29. The van der Waals surface area contributed by atoms with Gasteiger partial charge in [0.2, 0.25) is 21.0 Å². The molecule has 1 unspecified atom stereocenters. The van der Waals surface area contributed by atoms with Crippen LogP contribution in [-0.2, 0) is 30.3 Å². The first kappa shape index (κ1) is 25.9. The number of nitrogens with zero attached hydrogens (tertiary/aromatic N) is 6. The zero-order valence-corrected chi connectivity index (χ0v) is 20.2. The Hall–Kier alpha value is -3.76. The molecule has 16 heteroatoms. The van der Waals surface area contributed by atoms with Gasteiger partial charge < -0.3 is 5.53 Å². The van der Waals surface area contributed by atoms with Gasteiger partial charge in [-0.15, -0.1) is 21.9 Å². The normalized spacial score (nSPS) is 13.9. The van der Waals surface area contributed by atoms with Gasteiger partial charge in [-0.05, 0) is 35.5 Å². The van der Waals surface area contributed by atoms with Crippen molar-refractivity contribution in [3.63, 3.8) is 0 Å². The predicted octanol–water partition coefficient (Wildman–Crippen LogP) is 2.88. The van der Waals surface area contributed by atoms with E-state index in [2.05, 4.69) is 19.3 Å². The van der Waals surface area contributed by atoms with Crippen LogP contribution < -0.4 is 0 Å². The molecule has 3 aromatic carbocycles. The van der Waals surface area contributed by atoms with Crippen LogP contribution in [0.5, 0.6) is 0 Å². The first-order chi connectivity index (χ1) is 16.4. The van der Waals surface area contributed by atoms with Crippen LogP contribution in [0.25, 0.3) is 16.3 Å². The topological polar surface area (TPSA) is 194 Å². The minimum atomic E-state index is -5.54. The van der Waals surface area contributed by atoms with E-state index in [0.29, 0.717) is 10.8 Å². The van der Waals surface area contributed by atoms with E-state index in [1.165, 1.54) is 42.5 Å². The van der Waals surface area contributed by atoms with Crippen LogP contribution in [0.15, 0.2) is 97.0 Å². The maximum atomic E-state index is 13.4. The molecule has 0 aliphatic heterocycles. The third-order valence-electron chi connectivity index (χ3n) is 4.46. The Labute approximate surface area is 200 Å². The van der Waals surface area contributed by atoms with Crippen molar-refractivity contribution in [1.82, 2.24) is 0 Å². The van der Waals surface area contributed by atoms with Gasteiger partial charge in [-0.2, -0.15) is 5.11 Å². The Balaban J connectivity index is 2.14. The quantitative estimate of drug-likeness (QED) is 0.228. The molecule has 3 aromatic rings. The van der Waals surface area contributed by atoms with E-state index in [4.69, 9.17) is 0 Å². The van der Waals surface area contributed by atoms with Gasteiger partial charge >= 0.3 is 20.4 Å². The Bertz CT molecular complexity index is 1680. The zero-order chi connectivity index (χ0) is 25.9. The molecule has 0 fully saturated rings. The van der Waals surface area contributed by atoms with E-state index in [-0.39, 0.29) is 10.5 Å². The van der Waals surface area contributed by atoms with Gasteiger partial charge in [0.05, 0.1) is 11.9 Å². The number of hydrogen-bond acceptors (Lipinski definition) is 9. The molecule has 0 aromatic heterocycles. The maximum Gasteiger partial charge on any atom is 0.512 e. The highest BCUT2D eigenvalue weighted by Gasteiger charge is 2.38. The molecule has 182 valence electrons. The fourth-order valence-corrected chi connectivity index (χ4v) is 5.99. The summed E-state index contributed by atoms with van der Waals surface area (Å²) in [5.74, 6) is -1.14. The standard InChI is InChI=1S/C19H16N6O7S3/c1-21-23-34(29,30)25(20)35(31,32)24-22-19(18(26)15-8-3-2-4-9-15)33(27,28)17-12-11-14-7-5-6-10-16(14)13-17/h2-13,19H,1H3. The van der Waals surface area contributed by atoms with Crippen molar-refractivity contribution in [1.29, 1.82) is 0 Å². The van der Waals surface area contributed by atoms with Crippen molar-refractivity contribution in [3.05, 3.63) is 83.9 Å². The molecule has 35 heavy (non-hydrogen) atoms. The molecule has 0 heterocycles. The average Bonchev–Trinajstić information content (AvgIpc) is 2.83. The number of benzene rings is 3. The number of carbonyl (C=O) groups excluding carboxylic acids is 1. The molecule has 0 amide bonds. The van der Waals surface area contributed by atoms with E-state index in [1.807, 2.05) is 0 Å². The number of carbonyl (C=O) groups is 1. The number of hydrogen-bond donors (Lipinski definition) is 0. The summed E-state index contributed by atoms with van der Waals surface area (Å²) in [6.07, 6.45) is 0. The Morgan fingerprint density at radius 2 is 1.37 bits per heavy atom. The first-order valence-corrected chi connectivity index (χ1v) is 13.8. The van der Waals surface area contributed by atoms with Crippen molar-refractivity contribution >= 4 is 46.8 Å². The number of fused-ring (bicyclic) bond motifs is 1. The summed E-state index contributed by atoms with van der Waals surface area (Å²) in [6.45, 7) is 0. The Kier molecular flexibility index (Phi) is 7.27. The second-order valence-electron chi connectivity index (χ2n) is 6.75. The van der Waals surface area contributed by atoms with Gasteiger partial charge in [-0.3, -0.25) is 4.79 Å². The molecule has 0 N–H and O–H groups in total. The molecule has 13 nitrogen and oxygen atoms in total. The maximum absolute atomic E-state index is 13.4. The highest BCUT2D eigenvalue weighted by molar-refractivity contribution is 7.96. The van der Waals surface area contributed by atoms with E-state index >= 15 is 0 Å². The van der Waals surface area contributed by atoms with Crippen molar-refractivity contribution < 1.29 is 33.6 Å². The number of rotatable bonds is 9. The fraction of sp³-hybridized carbons (Fsp3) is 0.105. The van der Waals surface area contributed by atoms with Gasteiger partial charge in [0.15, 0.2) is 0 Å². The summed E-state index contributed by atoms with van der Waals surface area (Å²) in [6, 6.07) is 17.7. The molecule has 0 aliphatic carbocycles. The van der Waals surface area contributed by atoms with Gasteiger partial charge in [0.1, 0.15) is 0 Å². The largest absolute Gasteiger partial charge is 0.512 e. The average molecular weight is 537 g/mol. The van der Waals surface area contributed by atoms with Crippen molar-refractivity contribution in [2.24, 2.45) is 19.3 Å². The smallest absolute Gasteiger partial charge is 0.464 e. The van der Waals surface area contributed by atoms with Crippen LogP contribution in [-0.4, -0.2) is 47.0 Å². The van der Waals surface area contributed by atoms with Crippen LogP contribution in [0.4, 0.5) is 0 Å². The van der Waals surface area contributed by atoms with E-state index < -0.39 is 44.9 Å². The van der Waals surface area contributed by atoms with Gasteiger partial charge in [-0.25, -0.2) is 8.42 Å². The molecule has 0 saturated carbocycles. The fourth-order valence-electron chi connectivity index (χ4n) is 2.86. The Morgan fingerprint density at radius 1 is 0.800 bits per heavy atom. The van der Waals surface area contributed by atoms with Crippen LogP contribution in [0.3, 0.4) is 0 Å². The van der Waals surface area contributed by atoms with Gasteiger partial charge in [-0.1, -0.05) is 60.7 Å². The summed E-state index contributed by atoms with van der Waals surface area (Å²) < 4.78 is 78.5. The third-order valence-corrected chi connectivity index (χ3v) is 8.86. The third kappa shape index (κ3) is 5.50. The number of ketones is 1. The summed E-state index contributed by atoms with van der Waals surface area (Å²) in [5.41, 5.74) is 9.43. The molecule has 1 atom stereocenters. The highest BCUT2D eigenvalue weighted by atomic mass is 32.3. The van der Waals surface area contributed by atoms with Crippen molar-refractivity contribution in [2.75, 3.05) is 7.05 Å². The monoisotopic (exact) mass is 536 g/mol. The van der Waals surface area contributed by atoms with E-state index in [1.54, 1.807) is 30.3 Å². The number of Topliss-reactive ketones (excluding diaryl/α,β-unsaturated/α-hetero) is 1. The molecule has 0 bridgehead atoms. The second kappa shape index (κ2) is 9.85. The van der Waals surface area contributed by atoms with Crippen LogP contribution in [0.1, 0.15) is 10.4 Å². The molecule has 3 rings (SSSR count). The predicted molar refractivity (Wildman–Crippen MR) is 123 cm³/mol. The molecule has 0 spiro atoms. The van der Waals surface area contributed by atoms with Gasteiger partial charge in [0.25, 0.3) is 0 Å². The van der Waals surface area contributed by atoms with E-state index in [9.17, 15) is 35.6 Å². The zero-order valence-electron chi connectivity index (χ0n) is 17.8. The summed E-state index contributed by atoms with van der Waals surface area (Å²) in [7, 11) is -14.6.